The summed E-state index contributed by atoms with van der Waals surface area (Å²) in [6.45, 7) is 2.19. The van der Waals surface area contributed by atoms with Crippen LogP contribution >= 0.6 is 0 Å². The molecule has 1 aliphatic heterocycles. The minimum atomic E-state index is -0.264. The lowest BCUT2D eigenvalue weighted by molar-refractivity contribution is -0.116. The third kappa shape index (κ3) is 3.29. The maximum atomic E-state index is 12.4. The molecule has 27 heavy (non-hydrogen) atoms. The topological polar surface area (TPSA) is 93.0 Å². The summed E-state index contributed by atoms with van der Waals surface area (Å²) in [5, 5.41) is 14.6. The first-order valence-electron chi connectivity index (χ1n) is 8.62. The van der Waals surface area contributed by atoms with Crippen molar-refractivity contribution in [2.75, 3.05) is 16.8 Å². The van der Waals surface area contributed by atoms with Gasteiger partial charge in [0.05, 0.1) is 24.0 Å². The maximum Gasteiger partial charge on any atom is 0.257 e. The van der Waals surface area contributed by atoms with Crippen molar-refractivity contribution in [3.8, 4) is 0 Å². The van der Waals surface area contributed by atoms with Crippen molar-refractivity contribution in [3.05, 3.63) is 66.2 Å². The Bertz CT molecular complexity index is 971. The molecule has 1 atom stereocenters. The fourth-order valence-electron chi connectivity index (χ4n) is 3.37. The number of nitrogens with zero attached hydrogens (tertiary/aromatic N) is 5. The van der Waals surface area contributed by atoms with Crippen LogP contribution in [0.15, 0.2) is 55.1 Å². The molecule has 1 unspecified atom stereocenters. The van der Waals surface area contributed by atoms with E-state index in [0.717, 1.165) is 17.7 Å². The highest BCUT2D eigenvalue weighted by molar-refractivity contribution is 6.04. The van der Waals surface area contributed by atoms with Crippen molar-refractivity contribution < 1.29 is 9.59 Å². The first-order chi connectivity index (χ1) is 13.1. The van der Waals surface area contributed by atoms with Crippen LogP contribution in [-0.2, 0) is 4.79 Å². The van der Waals surface area contributed by atoms with E-state index in [-0.39, 0.29) is 17.9 Å². The summed E-state index contributed by atoms with van der Waals surface area (Å²) >= 11 is 0. The normalized spacial score (nSPS) is 15.9. The number of hydrogen-bond donors (Lipinski definition) is 1. The Morgan fingerprint density at radius 1 is 1.19 bits per heavy atom. The fourth-order valence-corrected chi connectivity index (χ4v) is 3.37. The van der Waals surface area contributed by atoms with E-state index in [1.165, 1.54) is 12.4 Å². The predicted molar refractivity (Wildman–Crippen MR) is 99.4 cm³/mol. The van der Waals surface area contributed by atoms with Crippen LogP contribution in [0.3, 0.4) is 0 Å². The number of anilines is 2. The third-order valence-corrected chi connectivity index (χ3v) is 4.63. The Kier molecular flexibility index (Phi) is 4.37. The second-order valence-electron chi connectivity index (χ2n) is 6.32. The van der Waals surface area contributed by atoms with Crippen molar-refractivity contribution in [1.29, 1.82) is 0 Å². The number of rotatable bonds is 3. The average molecular weight is 362 g/mol. The quantitative estimate of drug-likeness (QED) is 0.771. The summed E-state index contributed by atoms with van der Waals surface area (Å²) in [5.41, 5.74) is 2.87. The van der Waals surface area contributed by atoms with Gasteiger partial charge in [-0.1, -0.05) is 0 Å². The molecule has 0 radical (unpaired) electrons. The molecule has 0 bridgehead atoms. The number of amides is 2. The molecule has 0 saturated carbocycles. The van der Waals surface area contributed by atoms with E-state index in [2.05, 4.69) is 20.6 Å². The third-order valence-electron chi connectivity index (χ3n) is 4.63. The summed E-state index contributed by atoms with van der Waals surface area (Å²) in [6, 6.07) is 9.05. The molecule has 136 valence electrons. The highest BCUT2D eigenvalue weighted by atomic mass is 16.2. The van der Waals surface area contributed by atoms with Crippen molar-refractivity contribution in [3.63, 3.8) is 0 Å². The zero-order valence-electron chi connectivity index (χ0n) is 14.7. The number of carbonyl (C=O) groups excluding carboxylic acids is 2. The van der Waals surface area contributed by atoms with E-state index < -0.39 is 0 Å². The van der Waals surface area contributed by atoms with E-state index in [9.17, 15) is 9.59 Å². The van der Waals surface area contributed by atoms with Crippen molar-refractivity contribution in [1.82, 2.24) is 20.0 Å². The smallest absolute Gasteiger partial charge is 0.257 e. The van der Waals surface area contributed by atoms with E-state index in [1.807, 2.05) is 29.1 Å². The maximum absolute atomic E-state index is 12.4. The van der Waals surface area contributed by atoms with Gasteiger partial charge in [-0.25, -0.2) is 0 Å². The van der Waals surface area contributed by atoms with Crippen LogP contribution in [0.2, 0.25) is 0 Å². The zero-order valence-corrected chi connectivity index (χ0v) is 14.7. The Hall–Kier alpha value is -3.55. The molecule has 1 N–H and O–H groups in total. The Balaban J connectivity index is 1.69. The number of hydrogen-bond acceptors (Lipinski definition) is 5. The second kappa shape index (κ2) is 6.99. The van der Waals surface area contributed by atoms with Gasteiger partial charge in [-0.05, 0) is 36.8 Å². The second-order valence-corrected chi connectivity index (χ2v) is 6.32. The molecule has 3 heterocycles. The lowest BCUT2D eigenvalue weighted by Gasteiger charge is -2.34. The number of carbonyl (C=O) groups is 2. The van der Waals surface area contributed by atoms with Gasteiger partial charge in [-0.2, -0.15) is 15.3 Å². The highest BCUT2D eigenvalue weighted by Crippen LogP contribution is 2.37. The minimum absolute atomic E-state index is 0.00467. The van der Waals surface area contributed by atoms with E-state index in [0.29, 0.717) is 17.8 Å². The average Bonchev–Trinajstić information content (AvgIpc) is 3.22. The molecule has 0 aliphatic carbocycles. The Morgan fingerprint density at radius 3 is 2.78 bits per heavy atom. The fraction of sp³-hybridized carbons (Fsp3) is 0.211. The van der Waals surface area contributed by atoms with Crippen molar-refractivity contribution in [2.45, 2.75) is 19.4 Å². The molecule has 2 aromatic heterocycles. The summed E-state index contributed by atoms with van der Waals surface area (Å²) < 4.78 is 1.88. The van der Waals surface area contributed by atoms with Gasteiger partial charge in [0, 0.05) is 42.8 Å². The van der Waals surface area contributed by atoms with Gasteiger partial charge >= 0.3 is 0 Å². The molecule has 3 aromatic rings. The van der Waals surface area contributed by atoms with Crippen LogP contribution in [0.1, 0.15) is 35.3 Å². The monoisotopic (exact) mass is 362 g/mol. The summed E-state index contributed by atoms with van der Waals surface area (Å²) in [4.78, 5) is 26.2. The van der Waals surface area contributed by atoms with E-state index >= 15 is 0 Å². The largest absolute Gasteiger partial charge is 0.322 e. The van der Waals surface area contributed by atoms with Crippen LogP contribution in [0.4, 0.5) is 11.4 Å². The van der Waals surface area contributed by atoms with Gasteiger partial charge in [0.25, 0.3) is 5.91 Å². The number of benzene rings is 1. The van der Waals surface area contributed by atoms with Crippen LogP contribution in [0, 0.1) is 0 Å². The number of nitrogens with one attached hydrogen (secondary N) is 1. The molecule has 8 heteroatoms. The van der Waals surface area contributed by atoms with Gasteiger partial charge in [-0.3, -0.25) is 14.3 Å². The molecule has 4 rings (SSSR count). The number of aromatic nitrogens is 4. The molecular formula is C19H18N6O2. The van der Waals surface area contributed by atoms with Gasteiger partial charge < -0.3 is 10.2 Å². The van der Waals surface area contributed by atoms with Crippen LogP contribution < -0.4 is 10.2 Å². The first-order valence-corrected chi connectivity index (χ1v) is 8.62. The molecule has 1 aromatic carbocycles. The molecule has 8 nitrogen and oxygen atoms in total. The van der Waals surface area contributed by atoms with Crippen molar-refractivity contribution >= 4 is 23.2 Å². The van der Waals surface area contributed by atoms with Crippen LogP contribution in [-0.4, -0.2) is 38.3 Å². The van der Waals surface area contributed by atoms with E-state index in [4.69, 9.17) is 0 Å². The predicted octanol–water partition coefficient (Wildman–Crippen LogP) is 2.27. The first kappa shape index (κ1) is 16.9. The standard InChI is InChI=1S/C19H18N6O2/c1-13(26)24-10-6-18(25-9-2-7-22-25)16-11-15(3-4-17(16)24)23-19(27)14-5-8-20-21-12-14/h2-5,7-9,11-12,18H,6,10H2,1H3,(H,23,27). The summed E-state index contributed by atoms with van der Waals surface area (Å²) in [7, 11) is 0. The lowest BCUT2D eigenvalue weighted by atomic mass is 9.95. The Morgan fingerprint density at radius 2 is 2.07 bits per heavy atom. The molecular weight excluding hydrogens is 344 g/mol. The minimum Gasteiger partial charge on any atom is -0.322 e. The number of fused-ring (bicyclic) bond motifs is 1. The van der Waals surface area contributed by atoms with Crippen LogP contribution in [0.5, 0.6) is 0 Å². The SMILES string of the molecule is CC(=O)N1CCC(n2cccn2)c2cc(NC(=O)c3ccnnc3)ccc21. The molecule has 0 saturated heterocycles. The molecule has 0 spiro atoms. The van der Waals surface area contributed by atoms with Gasteiger partial charge in [0.15, 0.2) is 0 Å². The van der Waals surface area contributed by atoms with Crippen LogP contribution in [0.25, 0.3) is 0 Å². The lowest BCUT2D eigenvalue weighted by Crippen LogP contribution is -2.36. The zero-order chi connectivity index (χ0) is 18.8. The van der Waals surface area contributed by atoms with Crippen molar-refractivity contribution in [2.24, 2.45) is 0 Å². The molecule has 0 fully saturated rings. The highest BCUT2D eigenvalue weighted by Gasteiger charge is 2.29. The van der Waals surface area contributed by atoms with E-state index in [1.54, 1.807) is 30.2 Å². The summed E-state index contributed by atoms with van der Waals surface area (Å²) in [5.74, 6) is -0.269. The molecule has 1 aliphatic rings. The summed E-state index contributed by atoms with van der Waals surface area (Å²) in [6.07, 6.45) is 7.28. The van der Waals surface area contributed by atoms with Gasteiger partial charge in [-0.15, -0.1) is 0 Å². The van der Waals surface area contributed by atoms with Gasteiger partial charge in [0.1, 0.15) is 0 Å². The molecule has 2 amide bonds. The Labute approximate surface area is 155 Å². The van der Waals surface area contributed by atoms with Gasteiger partial charge in [0.2, 0.25) is 5.91 Å².